The van der Waals surface area contributed by atoms with Gasteiger partial charge in [-0.15, -0.1) is 0 Å². The Balaban J connectivity index is 1.57. The topological polar surface area (TPSA) is 64.4 Å². The Hall–Kier alpha value is -3.48. The number of hydrogen-bond acceptors (Lipinski definition) is 4. The molecule has 1 fully saturated rings. The van der Waals surface area contributed by atoms with Gasteiger partial charge in [0, 0.05) is 24.7 Å². The molecule has 0 N–H and O–H groups in total. The Kier molecular flexibility index (Phi) is 4.65. The van der Waals surface area contributed by atoms with Crippen molar-refractivity contribution in [1.29, 1.82) is 0 Å². The molecule has 4 rings (SSSR count). The van der Waals surface area contributed by atoms with Crippen LogP contribution in [0.2, 0.25) is 0 Å². The van der Waals surface area contributed by atoms with Crippen molar-refractivity contribution < 1.29 is 18.7 Å². The lowest BCUT2D eigenvalue weighted by Gasteiger charge is -2.16. The maximum absolute atomic E-state index is 14.0. The summed E-state index contributed by atoms with van der Waals surface area (Å²) < 4.78 is 20.9. The summed E-state index contributed by atoms with van der Waals surface area (Å²) in [5, 5.41) is 4.12. The molecule has 0 saturated carbocycles. The fourth-order valence-corrected chi connectivity index (χ4v) is 3.27. The summed E-state index contributed by atoms with van der Waals surface area (Å²) in [4.78, 5) is 26.2. The molecule has 2 heterocycles. The van der Waals surface area contributed by atoms with Crippen molar-refractivity contribution in [2.75, 3.05) is 11.4 Å². The van der Waals surface area contributed by atoms with Gasteiger partial charge in [-0.1, -0.05) is 18.2 Å². The molecule has 28 heavy (non-hydrogen) atoms. The molecule has 1 aliphatic heterocycles. The predicted octanol–water partition coefficient (Wildman–Crippen LogP) is 3.67. The number of aromatic nitrogens is 2. The van der Waals surface area contributed by atoms with E-state index in [2.05, 4.69) is 5.10 Å². The van der Waals surface area contributed by atoms with Crippen molar-refractivity contribution in [1.82, 2.24) is 9.78 Å². The third-order valence-electron chi connectivity index (χ3n) is 4.72. The Morgan fingerprint density at radius 2 is 2.00 bits per heavy atom. The number of amides is 1. The minimum Gasteiger partial charge on any atom is -0.423 e. The number of rotatable bonds is 4. The molecule has 142 valence electrons. The third-order valence-corrected chi connectivity index (χ3v) is 4.72. The van der Waals surface area contributed by atoms with E-state index in [-0.39, 0.29) is 17.2 Å². The lowest BCUT2D eigenvalue weighted by molar-refractivity contribution is -0.117. The Bertz CT molecular complexity index is 1060. The molecule has 1 aromatic heterocycles. The van der Waals surface area contributed by atoms with Crippen LogP contribution in [0.5, 0.6) is 5.75 Å². The first-order valence-electron chi connectivity index (χ1n) is 8.97. The number of halogens is 1. The van der Waals surface area contributed by atoms with Crippen LogP contribution in [0, 0.1) is 12.7 Å². The molecule has 6 nitrogen and oxygen atoms in total. The van der Waals surface area contributed by atoms with Gasteiger partial charge in [-0.25, -0.2) is 13.9 Å². The van der Waals surface area contributed by atoms with Crippen molar-refractivity contribution in [3.8, 4) is 11.4 Å². The molecular weight excluding hydrogens is 361 g/mol. The van der Waals surface area contributed by atoms with Gasteiger partial charge >= 0.3 is 5.97 Å². The van der Waals surface area contributed by atoms with Gasteiger partial charge in [-0.05, 0) is 37.6 Å². The van der Waals surface area contributed by atoms with Crippen LogP contribution in [0.4, 0.5) is 10.1 Å². The molecule has 1 amide bonds. The van der Waals surface area contributed by atoms with Crippen LogP contribution in [-0.2, 0) is 4.79 Å². The van der Waals surface area contributed by atoms with Gasteiger partial charge in [0.15, 0.2) is 0 Å². The van der Waals surface area contributed by atoms with E-state index < -0.39 is 11.8 Å². The first-order chi connectivity index (χ1) is 13.5. The SMILES string of the molecule is Cc1c(C(=O)Oc2cccc(N3CCCC3=O)c2)cnn1-c1ccccc1F. The minimum absolute atomic E-state index is 0.0606. The summed E-state index contributed by atoms with van der Waals surface area (Å²) in [7, 11) is 0. The fourth-order valence-electron chi connectivity index (χ4n) is 3.27. The summed E-state index contributed by atoms with van der Waals surface area (Å²) >= 11 is 0. The van der Waals surface area contributed by atoms with Gasteiger partial charge in [-0.2, -0.15) is 5.10 Å². The number of anilines is 1. The highest BCUT2D eigenvalue weighted by Crippen LogP contribution is 2.26. The van der Waals surface area contributed by atoms with E-state index in [1.807, 2.05) is 6.07 Å². The minimum atomic E-state index is -0.593. The van der Waals surface area contributed by atoms with Crippen LogP contribution in [0.25, 0.3) is 5.69 Å². The summed E-state index contributed by atoms with van der Waals surface area (Å²) in [5.41, 5.74) is 1.67. The number of esters is 1. The molecule has 1 aliphatic rings. The number of ether oxygens (including phenoxy) is 1. The molecule has 0 radical (unpaired) electrons. The van der Waals surface area contributed by atoms with Crippen LogP contribution >= 0.6 is 0 Å². The smallest absolute Gasteiger partial charge is 0.347 e. The van der Waals surface area contributed by atoms with Crippen molar-refractivity contribution in [2.45, 2.75) is 19.8 Å². The molecule has 7 heteroatoms. The van der Waals surface area contributed by atoms with E-state index in [1.165, 1.54) is 16.9 Å². The second-order valence-electron chi connectivity index (χ2n) is 6.54. The number of carbonyl (C=O) groups is 2. The van der Waals surface area contributed by atoms with E-state index in [0.717, 1.165) is 6.42 Å². The highest BCUT2D eigenvalue weighted by molar-refractivity contribution is 5.96. The monoisotopic (exact) mass is 379 g/mol. The van der Waals surface area contributed by atoms with Gasteiger partial charge in [0.05, 0.1) is 11.9 Å². The summed E-state index contributed by atoms with van der Waals surface area (Å²) in [6, 6.07) is 13.1. The second-order valence-corrected chi connectivity index (χ2v) is 6.54. The number of carbonyl (C=O) groups excluding carboxylic acids is 2. The number of nitrogens with zero attached hydrogens (tertiary/aromatic N) is 3. The van der Waals surface area contributed by atoms with E-state index in [4.69, 9.17) is 4.74 Å². The van der Waals surface area contributed by atoms with Crippen LogP contribution in [0.3, 0.4) is 0 Å². The van der Waals surface area contributed by atoms with Gasteiger partial charge in [0.1, 0.15) is 22.8 Å². The van der Waals surface area contributed by atoms with Crippen molar-refractivity contribution in [3.63, 3.8) is 0 Å². The van der Waals surface area contributed by atoms with Gasteiger partial charge in [0.2, 0.25) is 5.91 Å². The van der Waals surface area contributed by atoms with E-state index in [9.17, 15) is 14.0 Å². The fraction of sp³-hybridized carbons (Fsp3) is 0.190. The zero-order valence-corrected chi connectivity index (χ0v) is 15.3. The lowest BCUT2D eigenvalue weighted by Crippen LogP contribution is -2.23. The van der Waals surface area contributed by atoms with Crippen LogP contribution in [0.1, 0.15) is 28.9 Å². The quantitative estimate of drug-likeness (QED) is 0.513. The van der Waals surface area contributed by atoms with Crippen LogP contribution in [0.15, 0.2) is 54.7 Å². The number of hydrogen-bond donors (Lipinski definition) is 0. The Morgan fingerprint density at radius 3 is 2.75 bits per heavy atom. The molecule has 1 saturated heterocycles. The Labute approximate surface area is 161 Å². The van der Waals surface area contributed by atoms with Crippen molar-refractivity contribution in [3.05, 3.63) is 71.8 Å². The van der Waals surface area contributed by atoms with E-state index >= 15 is 0 Å². The summed E-state index contributed by atoms with van der Waals surface area (Å²) in [5.74, 6) is -0.632. The maximum Gasteiger partial charge on any atom is 0.347 e. The summed E-state index contributed by atoms with van der Waals surface area (Å²) in [6.45, 7) is 2.33. The normalized spacial score (nSPS) is 13.8. The van der Waals surface area contributed by atoms with Crippen LogP contribution < -0.4 is 9.64 Å². The molecule has 0 atom stereocenters. The zero-order valence-electron chi connectivity index (χ0n) is 15.3. The van der Waals surface area contributed by atoms with Crippen LogP contribution in [-0.4, -0.2) is 28.2 Å². The summed E-state index contributed by atoms with van der Waals surface area (Å²) in [6.07, 6.45) is 2.70. The molecule has 2 aromatic carbocycles. The number of benzene rings is 2. The highest BCUT2D eigenvalue weighted by atomic mass is 19.1. The average Bonchev–Trinajstić information content (AvgIpc) is 3.28. The molecule has 0 bridgehead atoms. The van der Waals surface area contributed by atoms with Gasteiger partial charge in [-0.3, -0.25) is 4.79 Å². The third kappa shape index (κ3) is 3.26. The van der Waals surface area contributed by atoms with Crippen molar-refractivity contribution in [2.24, 2.45) is 0 Å². The first-order valence-corrected chi connectivity index (χ1v) is 8.97. The Morgan fingerprint density at radius 1 is 1.18 bits per heavy atom. The van der Waals surface area contributed by atoms with E-state index in [0.29, 0.717) is 30.1 Å². The first kappa shape index (κ1) is 17.9. The van der Waals surface area contributed by atoms with Gasteiger partial charge in [0.25, 0.3) is 0 Å². The molecule has 0 spiro atoms. The highest BCUT2D eigenvalue weighted by Gasteiger charge is 2.23. The van der Waals surface area contributed by atoms with Crippen molar-refractivity contribution >= 4 is 17.6 Å². The predicted molar refractivity (Wildman–Crippen MR) is 101 cm³/mol. The maximum atomic E-state index is 14.0. The standard InChI is InChI=1S/C21H18FN3O3/c1-14-17(13-23-25(14)19-9-3-2-8-18(19)22)21(27)28-16-7-4-6-15(12-16)24-11-5-10-20(24)26/h2-4,6-9,12-13H,5,10-11H2,1H3. The number of para-hydroxylation sites is 1. The molecular formula is C21H18FN3O3. The molecule has 3 aromatic rings. The van der Waals surface area contributed by atoms with Gasteiger partial charge < -0.3 is 9.64 Å². The average molecular weight is 379 g/mol. The lowest BCUT2D eigenvalue weighted by atomic mass is 10.2. The zero-order chi connectivity index (χ0) is 19.7. The van der Waals surface area contributed by atoms with E-state index in [1.54, 1.807) is 48.2 Å². The largest absolute Gasteiger partial charge is 0.423 e. The second kappa shape index (κ2) is 7.26. The molecule has 0 aliphatic carbocycles. The molecule has 0 unspecified atom stereocenters.